The summed E-state index contributed by atoms with van der Waals surface area (Å²) in [6.45, 7) is 5.52. The molecule has 1 unspecified atom stereocenters. The van der Waals surface area contributed by atoms with Crippen molar-refractivity contribution in [2.24, 2.45) is 0 Å². The van der Waals surface area contributed by atoms with Crippen molar-refractivity contribution in [2.75, 3.05) is 50.8 Å². The minimum atomic E-state index is -0.600. The first-order valence-electron chi connectivity index (χ1n) is 9.58. The normalized spacial score (nSPS) is 19.3. The third-order valence-corrected chi connectivity index (χ3v) is 5.34. The molecule has 0 radical (unpaired) electrons. The number of para-hydroxylation sites is 2. The van der Waals surface area contributed by atoms with Crippen molar-refractivity contribution >= 4 is 23.2 Å². The standard InChI is InChI=1S/C21H24ClN3O3/c22-16-5-7-17(8-6-16)25-13-11-24(12-14-25)10-9-23-21(26)20-15-27-18-3-1-2-4-19(18)28-20/h1-8,20H,9-15H2,(H,23,26). The number of piperazine rings is 1. The predicted octanol–water partition coefficient (Wildman–Crippen LogP) is 2.42. The van der Waals surface area contributed by atoms with E-state index in [9.17, 15) is 4.79 Å². The van der Waals surface area contributed by atoms with E-state index >= 15 is 0 Å². The summed E-state index contributed by atoms with van der Waals surface area (Å²) in [6.07, 6.45) is -0.600. The summed E-state index contributed by atoms with van der Waals surface area (Å²) in [4.78, 5) is 17.1. The molecule has 1 atom stereocenters. The fourth-order valence-electron chi connectivity index (χ4n) is 3.48. The molecular formula is C21H24ClN3O3. The number of hydrogen-bond donors (Lipinski definition) is 1. The fourth-order valence-corrected chi connectivity index (χ4v) is 3.61. The average Bonchev–Trinajstić information content (AvgIpc) is 2.74. The van der Waals surface area contributed by atoms with Crippen molar-refractivity contribution in [3.63, 3.8) is 0 Å². The maximum atomic E-state index is 12.4. The van der Waals surface area contributed by atoms with Crippen LogP contribution < -0.4 is 19.7 Å². The topological polar surface area (TPSA) is 54.0 Å². The monoisotopic (exact) mass is 401 g/mol. The number of nitrogens with zero attached hydrogens (tertiary/aromatic N) is 2. The van der Waals surface area contributed by atoms with Crippen molar-refractivity contribution in [3.8, 4) is 11.5 Å². The number of carbonyl (C=O) groups is 1. The van der Waals surface area contributed by atoms with Crippen LogP contribution in [0.1, 0.15) is 0 Å². The Hall–Kier alpha value is -2.44. The van der Waals surface area contributed by atoms with E-state index in [0.717, 1.165) is 37.7 Å². The van der Waals surface area contributed by atoms with Crippen LogP contribution in [-0.4, -0.2) is 62.8 Å². The van der Waals surface area contributed by atoms with Gasteiger partial charge in [0.2, 0.25) is 6.10 Å². The molecule has 148 valence electrons. The van der Waals surface area contributed by atoms with Gasteiger partial charge in [-0.3, -0.25) is 9.69 Å². The zero-order chi connectivity index (χ0) is 19.3. The first kappa shape index (κ1) is 18.9. The Bertz CT molecular complexity index is 807. The number of nitrogens with one attached hydrogen (secondary N) is 1. The van der Waals surface area contributed by atoms with Gasteiger partial charge in [0.1, 0.15) is 6.61 Å². The number of fused-ring (bicyclic) bond motifs is 1. The number of carbonyl (C=O) groups excluding carboxylic acids is 1. The van der Waals surface area contributed by atoms with Crippen LogP contribution in [-0.2, 0) is 4.79 Å². The SMILES string of the molecule is O=C(NCCN1CCN(c2ccc(Cl)cc2)CC1)C1COc2ccccc2O1. The molecule has 4 rings (SSSR count). The molecule has 1 fully saturated rings. The first-order valence-corrected chi connectivity index (χ1v) is 9.96. The highest BCUT2D eigenvalue weighted by molar-refractivity contribution is 6.30. The molecule has 6 nitrogen and oxygen atoms in total. The quantitative estimate of drug-likeness (QED) is 0.833. The summed E-state index contributed by atoms with van der Waals surface area (Å²) in [6, 6.07) is 15.4. The lowest BCUT2D eigenvalue weighted by Crippen LogP contribution is -2.50. The molecule has 28 heavy (non-hydrogen) atoms. The number of anilines is 1. The minimum Gasteiger partial charge on any atom is -0.485 e. The van der Waals surface area contributed by atoms with E-state index in [2.05, 4.69) is 27.2 Å². The van der Waals surface area contributed by atoms with Crippen LogP contribution in [0.2, 0.25) is 5.02 Å². The van der Waals surface area contributed by atoms with Gasteiger partial charge in [0.25, 0.3) is 5.91 Å². The Morgan fingerprint density at radius 1 is 1.04 bits per heavy atom. The van der Waals surface area contributed by atoms with Crippen LogP contribution >= 0.6 is 11.6 Å². The molecule has 0 spiro atoms. The number of amides is 1. The van der Waals surface area contributed by atoms with Crippen LogP contribution in [0, 0.1) is 0 Å². The van der Waals surface area contributed by atoms with Crippen molar-refractivity contribution < 1.29 is 14.3 Å². The van der Waals surface area contributed by atoms with Crippen LogP contribution in [0.3, 0.4) is 0 Å². The average molecular weight is 402 g/mol. The highest BCUT2D eigenvalue weighted by Crippen LogP contribution is 2.30. The number of rotatable bonds is 5. The molecule has 2 heterocycles. The zero-order valence-electron chi connectivity index (χ0n) is 15.6. The van der Waals surface area contributed by atoms with Crippen molar-refractivity contribution in [1.29, 1.82) is 0 Å². The molecule has 2 aliphatic rings. The molecular weight excluding hydrogens is 378 g/mol. The molecule has 7 heteroatoms. The van der Waals surface area contributed by atoms with Gasteiger partial charge in [-0.1, -0.05) is 23.7 Å². The maximum Gasteiger partial charge on any atom is 0.264 e. The van der Waals surface area contributed by atoms with E-state index in [1.54, 1.807) is 0 Å². The van der Waals surface area contributed by atoms with Crippen molar-refractivity contribution in [1.82, 2.24) is 10.2 Å². The fraction of sp³-hybridized carbons (Fsp3) is 0.381. The minimum absolute atomic E-state index is 0.130. The van der Waals surface area contributed by atoms with Gasteiger partial charge in [-0.05, 0) is 36.4 Å². The molecule has 2 aliphatic heterocycles. The van der Waals surface area contributed by atoms with Crippen LogP contribution in [0.15, 0.2) is 48.5 Å². The largest absolute Gasteiger partial charge is 0.485 e. The molecule has 0 aromatic heterocycles. The molecule has 0 saturated carbocycles. The van der Waals surface area contributed by atoms with Gasteiger partial charge in [-0.2, -0.15) is 0 Å². The van der Waals surface area contributed by atoms with Crippen LogP contribution in [0.4, 0.5) is 5.69 Å². The summed E-state index contributed by atoms with van der Waals surface area (Å²) < 4.78 is 11.3. The Kier molecular flexibility index (Phi) is 5.88. The molecule has 0 aliphatic carbocycles. The molecule has 1 amide bonds. The predicted molar refractivity (Wildman–Crippen MR) is 109 cm³/mol. The van der Waals surface area contributed by atoms with E-state index < -0.39 is 6.10 Å². The van der Waals surface area contributed by atoms with Crippen LogP contribution in [0.25, 0.3) is 0 Å². The van der Waals surface area contributed by atoms with Crippen LogP contribution in [0.5, 0.6) is 11.5 Å². The Balaban J connectivity index is 1.18. The number of hydrogen-bond acceptors (Lipinski definition) is 5. The second kappa shape index (κ2) is 8.71. The Morgan fingerprint density at radius 2 is 1.75 bits per heavy atom. The lowest BCUT2D eigenvalue weighted by molar-refractivity contribution is -0.130. The van der Waals surface area contributed by atoms with Gasteiger partial charge in [0.15, 0.2) is 11.5 Å². The van der Waals surface area contributed by atoms with E-state index in [4.69, 9.17) is 21.1 Å². The Morgan fingerprint density at radius 3 is 2.50 bits per heavy atom. The van der Waals surface area contributed by atoms with E-state index in [-0.39, 0.29) is 12.5 Å². The zero-order valence-corrected chi connectivity index (χ0v) is 16.4. The van der Waals surface area contributed by atoms with Gasteiger partial charge >= 0.3 is 0 Å². The lowest BCUT2D eigenvalue weighted by Gasteiger charge is -2.36. The van der Waals surface area contributed by atoms with Gasteiger partial charge < -0.3 is 19.7 Å². The summed E-state index contributed by atoms with van der Waals surface area (Å²) in [5, 5.41) is 3.72. The summed E-state index contributed by atoms with van der Waals surface area (Å²) >= 11 is 5.96. The van der Waals surface area contributed by atoms with Crippen molar-refractivity contribution in [2.45, 2.75) is 6.10 Å². The second-order valence-corrected chi connectivity index (χ2v) is 7.40. The van der Waals surface area contributed by atoms with Crippen molar-refractivity contribution in [3.05, 3.63) is 53.6 Å². The highest BCUT2D eigenvalue weighted by Gasteiger charge is 2.27. The van der Waals surface area contributed by atoms with Gasteiger partial charge in [0.05, 0.1) is 0 Å². The number of halogens is 1. The maximum absolute atomic E-state index is 12.4. The van der Waals surface area contributed by atoms with E-state index in [1.807, 2.05) is 36.4 Å². The molecule has 1 saturated heterocycles. The lowest BCUT2D eigenvalue weighted by atomic mass is 10.2. The number of benzene rings is 2. The Labute approximate surface area is 170 Å². The molecule has 1 N–H and O–H groups in total. The first-order chi connectivity index (χ1) is 13.7. The smallest absolute Gasteiger partial charge is 0.264 e. The van der Waals surface area contributed by atoms with E-state index in [0.29, 0.717) is 18.0 Å². The summed E-state index contributed by atoms with van der Waals surface area (Å²) in [7, 11) is 0. The summed E-state index contributed by atoms with van der Waals surface area (Å²) in [5.41, 5.74) is 1.20. The highest BCUT2D eigenvalue weighted by atomic mass is 35.5. The van der Waals surface area contributed by atoms with Gasteiger partial charge in [-0.15, -0.1) is 0 Å². The van der Waals surface area contributed by atoms with Gasteiger partial charge in [-0.25, -0.2) is 0 Å². The molecule has 2 aromatic carbocycles. The van der Waals surface area contributed by atoms with E-state index in [1.165, 1.54) is 5.69 Å². The summed E-state index contributed by atoms with van der Waals surface area (Å²) in [5.74, 6) is 1.17. The third-order valence-electron chi connectivity index (χ3n) is 5.09. The number of ether oxygens (including phenoxy) is 2. The molecule has 0 bridgehead atoms. The molecule has 2 aromatic rings. The third kappa shape index (κ3) is 4.51. The van der Waals surface area contributed by atoms with Gasteiger partial charge in [0, 0.05) is 50.0 Å². The second-order valence-electron chi connectivity index (χ2n) is 6.96.